The third-order valence-corrected chi connectivity index (χ3v) is 14.9. The highest BCUT2D eigenvalue weighted by Crippen LogP contribution is 2.44. The molecule has 19 heteroatoms. The van der Waals surface area contributed by atoms with Crippen LogP contribution in [-0.2, 0) is 19.6 Å². The van der Waals surface area contributed by atoms with Crippen LogP contribution in [0.3, 0.4) is 0 Å². The van der Waals surface area contributed by atoms with Crippen LogP contribution >= 0.6 is 11.6 Å². The van der Waals surface area contributed by atoms with Crippen molar-refractivity contribution in [2.45, 2.75) is 63.3 Å². The molecule has 1 atom stereocenters. The average Bonchev–Trinajstić information content (AvgIpc) is 3.80. The summed E-state index contributed by atoms with van der Waals surface area (Å²) < 4.78 is 47.5. The van der Waals surface area contributed by atoms with E-state index >= 15 is 0 Å². The number of hydrogen-bond donors (Lipinski definition) is 4. The zero-order valence-electron chi connectivity index (χ0n) is 38.0. The summed E-state index contributed by atoms with van der Waals surface area (Å²) in [6.45, 7) is 9.96. The second kappa shape index (κ2) is 19.8. The Labute approximate surface area is 399 Å². The Balaban J connectivity index is 0.907. The second-order valence-electron chi connectivity index (χ2n) is 18.7. The lowest BCUT2D eigenvalue weighted by Crippen LogP contribution is -2.47. The maximum atomic E-state index is 14.1. The van der Waals surface area contributed by atoms with E-state index in [1.54, 1.807) is 24.4 Å². The number of amides is 2. The summed E-state index contributed by atoms with van der Waals surface area (Å²) in [5.74, 6) is -0.831. The standard InChI is InChI=1S/C49H55ClN8O9S/c1-49(2)14-9-34(41(27-49)31-3-5-35(50)6-4-31)29-56-17-19-57(20-18-56)37-7-8-40(43(24-37)67-38-23-33-10-15-51-46(33)53-28-38)48(60)55-68(63,64)39-25-42(58(61)62)45-44(26-39)66-30-36(54-45)11-16-52-47(59)32-12-21-65-22-13-32/h3-8,10,15,23-26,28,32,36,54H,9,11-14,16-22,27,29-30H2,1-2H3,(H,51,53)(H,52,59)(H,55,60)/t36-/m0/s1. The van der Waals surface area contributed by atoms with E-state index in [1.807, 2.05) is 18.2 Å². The average molecular weight is 968 g/mol. The summed E-state index contributed by atoms with van der Waals surface area (Å²) >= 11 is 6.25. The molecule has 0 radical (unpaired) electrons. The van der Waals surface area contributed by atoms with Crippen LogP contribution in [0.1, 0.15) is 68.3 Å². The summed E-state index contributed by atoms with van der Waals surface area (Å²) in [5.41, 5.74) is 5.09. The van der Waals surface area contributed by atoms with Gasteiger partial charge in [0.2, 0.25) is 5.91 Å². The first-order chi connectivity index (χ1) is 32.7. The van der Waals surface area contributed by atoms with Gasteiger partial charge in [0.1, 0.15) is 23.8 Å². The third-order valence-electron chi connectivity index (χ3n) is 13.3. The number of carbonyl (C=O) groups is 2. The number of benzene rings is 3. The first-order valence-corrected chi connectivity index (χ1v) is 24.9. The zero-order chi connectivity index (χ0) is 47.6. The Morgan fingerprint density at radius 2 is 1.81 bits per heavy atom. The highest BCUT2D eigenvalue weighted by Gasteiger charge is 2.34. The molecule has 358 valence electrons. The molecule has 17 nitrogen and oxygen atoms in total. The van der Waals surface area contributed by atoms with Crippen LogP contribution in [0.2, 0.25) is 5.02 Å². The number of piperazine rings is 1. The first kappa shape index (κ1) is 46.9. The van der Waals surface area contributed by atoms with Crippen molar-refractivity contribution in [1.82, 2.24) is 24.9 Å². The minimum atomic E-state index is -4.70. The Bertz CT molecular complexity index is 2860. The number of aromatic amines is 1. The number of pyridine rings is 1. The summed E-state index contributed by atoms with van der Waals surface area (Å²) in [5, 5.41) is 19.9. The lowest BCUT2D eigenvalue weighted by atomic mass is 9.72. The van der Waals surface area contributed by atoms with Crippen LogP contribution in [0.15, 0.2) is 89.6 Å². The van der Waals surface area contributed by atoms with E-state index in [1.165, 1.54) is 29.0 Å². The van der Waals surface area contributed by atoms with Gasteiger partial charge >= 0.3 is 0 Å². The molecule has 4 N–H and O–H groups in total. The van der Waals surface area contributed by atoms with E-state index in [2.05, 4.69) is 61.1 Å². The largest absolute Gasteiger partial charge is 0.489 e. The molecule has 2 aromatic heterocycles. The molecular weight excluding hydrogens is 912 g/mol. The van der Waals surface area contributed by atoms with Crippen molar-refractivity contribution < 1.29 is 37.1 Å². The highest BCUT2D eigenvalue weighted by molar-refractivity contribution is 7.90. The number of nitro groups is 1. The van der Waals surface area contributed by atoms with E-state index < -0.39 is 37.5 Å². The topological polar surface area (TPSA) is 210 Å². The van der Waals surface area contributed by atoms with Gasteiger partial charge in [0.15, 0.2) is 11.4 Å². The van der Waals surface area contributed by atoms with Crippen molar-refractivity contribution in [1.29, 1.82) is 0 Å². The molecule has 0 saturated carbocycles. The molecule has 0 spiro atoms. The van der Waals surface area contributed by atoms with E-state index in [4.69, 9.17) is 25.8 Å². The SMILES string of the molecule is CC1(C)CCC(CN2CCN(c3ccc(C(=O)NS(=O)(=O)c4cc5c(c([N+](=O)[O-])c4)N[C@@H](CCNC(=O)C4CCOCC4)CO5)c(Oc4cnc5[nH]ccc5c4)c3)CC2)=C(c2ccc(Cl)cc2)C1. The molecule has 2 fully saturated rings. The fourth-order valence-corrected chi connectivity index (χ4v) is 10.5. The predicted molar refractivity (Wildman–Crippen MR) is 259 cm³/mol. The highest BCUT2D eigenvalue weighted by atomic mass is 35.5. The molecular formula is C49H55ClN8O9S. The van der Waals surface area contributed by atoms with Crippen LogP contribution in [0, 0.1) is 21.4 Å². The molecule has 1 aliphatic carbocycles. The lowest BCUT2D eigenvalue weighted by molar-refractivity contribution is -0.384. The fraction of sp³-hybridized carbons (Fsp3) is 0.408. The predicted octanol–water partition coefficient (Wildman–Crippen LogP) is 7.93. The monoisotopic (exact) mass is 966 g/mol. The molecule has 0 bridgehead atoms. The third kappa shape index (κ3) is 10.7. The minimum absolute atomic E-state index is 0.00481. The lowest BCUT2D eigenvalue weighted by Gasteiger charge is -2.39. The molecule has 4 aliphatic rings. The van der Waals surface area contributed by atoms with Gasteiger partial charge in [0, 0.05) is 98.9 Å². The summed E-state index contributed by atoms with van der Waals surface area (Å²) in [4.78, 5) is 50.0. The van der Waals surface area contributed by atoms with Crippen molar-refractivity contribution in [3.63, 3.8) is 0 Å². The smallest absolute Gasteiger partial charge is 0.297 e. The number of nitro benzene ring substituents is 1. The van der Waals surface area contributed by atoms with Gasteiger partial charge < -0.3 is 34.7 Å². The van der Waals surface area contributed by atoms with Gasteiger partial charge in [0.05, 0.1) is 27.6 Å². The summed E-state index contributed by atoms with van der Waals surface area (Å²) in [6.07, 6.45) is 8.11. The molecule has 0 unspecified atom stereocenters. The minimum Gasteiger partial charge on any atom is -0.489 e. The van der Waals surface area contributed by atoms with Crippen molar-refractivity contribution in [2.75, 3.05) is 69.3 Å². The Hall–Kier alpha value is -6.21. The Morgan fingerprint density at radius 1 is 1.03 bits per heavy atom. The number of allylic oxidation sites excluding steroid dienone is 1. The summed E-state index contributed by atoms with van der Waals surface area (Å²) in [6, 6.07) is 18.4. The zero-order valence-corrected chi connectivity index (χ0v) is 39.6. The van der Waals surface area contributed by atoms with Crippen LogP contribution in [-0.4, -0.2) is 105 Å². The molecule has 68 heavy (non-hydrogen) atoms. The Kier molecular flexibility index (Phi) is 13.6. The Morgan fingerprint density at radius 3 is 2.57 bits per heavy atom. The normalized spacial score (nSPS) is 18.9. The fourth-order valence-electron chi connectivity index (χ4n) is 9.42. The molecule has 3 aliphatic heterocycles. The quantitative estimate of drug-likeness (QED) is 0.0616. The molecule has 2 amide bonds. The van der Waals surface area contributed by atoms with Crippen LogP contribution in [0.25, 0.3) is 16.6 Å². The van der Waals surface area contributed by atoms with Crippen molar-refractivity contribution >= 4 is 67.1 Å². The number of ether oxygens (including phenoxy) is 3. The molecule has 5 aromatic rings. The van der Waals surface area contributed by atoms with Gasteiger partial charge in [0.25, 0.3) is 21.6 Å². The van der Waals surface area contributed by atoms with E-state index in [0.717, 1.165) is 67.1 Å². The molecule has 3 aromatic carbocycles. The van der Waals surface area contributed by atoms with E-state index in [0.29, 0.717) is 63.5 Å². The van der Waals surface area contributed by atoms with Gasteiger partial charge in [-0.3, -0.25) is 24.6 Å². The number of carbonyl (C=O) groups excluding carboxylic acids is 2. The van der Waals surface area contributed by atoms with Gasteiger partial charge in [-0.15, -0.1) is 0 Å². The number of H-pyrrole nitrogens is 1. The van der Waals surface area contributed by atoms with Gasteiger partial charge in [-0.25, -0.2) is 18.1 Å². The van der Waals surface area contributed by atoms with Crippen molar-refractivity contribution in [3.05, 3.63) is 111 Å². The van der Waals surface area contributed by atoms with Crippen LogP contribution < -0.4 is 29.7 Å². The number of anilines is 2. The molecule has 2 saturated heterocycles. The maximum absolute atomic E-state index is 14.1. The van der Waals surface area contributed by atoms with Gasteiger partial charge in [-0.1, -0.05) is 43.2 Å². The number of halogens is 1. The van der Waals surface area contributed by atoms with Crippen molar-refractivity contribution in [3.8, 4) is 17.2 Å². The number of hydrogen-bond acceptors (Lipinski definition) is 13. The second-order valence-corrected chi connectivity index (χ2v) is 20.8. The number of sulfonamides is 1. The number of nitrogens with one attached hydrogen (secondary N) is 4. The van der Waals surface area contributed by atoms with Crippen molar-refractivity contribution in [2.24, 2.45) is 11.3 Å². The van der Waals surface area contributed by atoms with Gasteiger partial charge in [-0.2, -0.15) is 0 Å². The van der Waals surface area contributed by atoms with Crippen LogP contribution in [0.5, 0.6) is 17.2 Å². The van der Waals surface area contributed by atoms with Crippen LogP contribution in [0.4, 0.5) is 17.1 Å². The number of fused-ring (bicyclic) bond motifs is 2. The molecule has 5 heterocycles. The maximum Gasteiger partial charge on any atom is 0.297 e. The number of rotatable bonds is 14. The van der Waals surface area contributed by atoms with Gasteiger partial charge in [-0.05, 0) is 91.5 Å². The number of nitrogens with zero attached hydrogens (tertiary/aromatic N) is 4. The van der Waals surface area contributed by atoms with E-state index in [-0.39, 0.29) is 46.6 Å². The first-order valence-electron chi connectivity index (χ1n) is 23.0. The molecule has 9 rings (SSSR count). The summed E-state index contributed by atoms with van der Waals surface area (Å²) in [7, 11) is -4.70. The number of aromatic nitrogens is 2. The van der Waals surface area contributed by atoms with E-state index in [9.17, 15) is 28.1 Å².